The van der Waals surface area contributed by atoms with E-state index >= 15 is 0 Å². The van der Waals surface area contributed by atoms with E-state index in [0.717, 1.165) is 31.1 Å². The van der Waals surface area contributed by atoms with Gasteiger partial charge in [0.15, 0.2) is 0 Å². The van der Waals surface area contributed by atoms with Crippen molar-refractivity contribution in [2.24, 2.45) is 0 Å². The predicted octanol–water partition coefficient (Wildman–Crippen LogP) is 3.98. The predicted molar refractivity (Wildman–Crippen MR) is 144 cm³/mol. The summed E-state index contributed by atoms with van der Waals surface area (Å²) in [4.78, 5) is 17.5. The summed E-state index contributed by atoms with van der Waals surface area (Å²) in [5.41, 5.74) is 0. The van der Waals surface area contributed by atoms with Crippen molar-refractivity contribution in [3.8, 4) is 0 Å². The van der Waals surface area contributed by atoms with E-state index in [1.54, 1.807) is 21.3 Å². The molecule has 1 rings (SSSR count). The van der Waals surface area contributed by atoms with Gasteiger partial charge in [-0.15, -0.1) is 5.10 Å². The lowest BCUT2D eigenvalue weighted by Gasteiger charge is -2.28. The van der Waals surface area contributed by atoms with E-state index in [-0.39, 0.29) is 6.03 Å². The van der Waals surface area contributed by atoms with Crippen molar-refractivity contribution in [1.29, 1.82) is 0 Å². The average molecular weight is 567 g/mol. The number of nitrogens with one attached hydrogen (secondary N) is 1. The van der Waals surface area contributed by atoms with Crippen LogP contribution in [0.15, 0.2) is 5.16 Å². The molecule has 0 atom stereocenters. The number of carbonyl (C=O) groups excluding carboxylic acids is 1. The lowest BCUT2D eigenvalue weighted by Crippen LogP contribution is -2.46. The summed E-state index contributed by atoms with van der Waals surface area (Å²) >= 11 is 1.53. The summed E-state index contributed by atoms with van der Waals surface area (Å²) in [7, 11) is -0.571. The smallest absolute Gasteiger partial charge is 0.377 e. The average Bonchev–Trinajstić information content (AvgIpc) is 3.29. The molecule has 1 heterocycles. The summed E-state index contributed by atoms with van der Waals surface area (Å²) in [5, 5.41) is 8.01. The van der Waals surface area contributed by atoms with Crippen LogP contribution in [0.2, 0.25) is 12.1 Å². The molecule has 1 N–H and O–H groups in total. The van der Waals surface area contributed by atoms with Crippen molar-refractivity contribution in [1.82, 2.24) is 20.1 Å². The molecular weight excluding hydrogens is 521 g/mol. The first kappa shape index (κ1) is 33.2. The van der Waals surface area contributed by atoms with Crippen LogP contribution in [0.5, 0.6) is 0 Å². The van der Waals surface area contributed by atoms with Crippen LogP contribution in [0.1, 0.15) is 59.2 Å². The molecule has 0 saturated heterocycles. The van der Waals surface area contributed by atoms with Crippen molar-refractivity contribution < 1.29 is 31.4 Å². The molecule has 0 aromatic carbocycles. The van der Waals surface area contributed by atoms with Crippen LogP contribution in [0.3, 0.4) is 0 Å². The van der Waals surface area contributed by atoms with Gasteiger partial charge < -0.3 is 31.9 Å². The van der Waals surface area contributed by atoms with Crippen LogP contribution in [0.4, 0.5) is 4.79 Å². The number of carbonyl (C=O) groups is 1. The lowest BCUT2D eigenvalue weighted by atomic mass is 10.2. The fraction of sp³-hybridized carbons (Fsp3) is 0.864. The van der Waals surface area contributed by atoms with Crippen LogP contribution in [-0.2, 0) is 33.0 Å². The SMILES string of the molecule is CCCCc1nc(SCCC[Si](OCC)(OCC)OCC)nn1C(=O)NCCC[Si](OC)(OC)OC. The Balaban J connectivity index is 2.72. The van der Waals surface area contributed by atoms with Gasteiger partial charge in [0.05, 0.1) is 0 Å². The van der Waals surface area contributed by atoms with Crippen molar-refractivity contribution in [2.75, 3.05) is 53.4 Å². The van der Waals surface area contributed by atoms with Gasteiger partial charge in [-0.1, -0.05) is 25.1 Å². The maximum absolute atomic E-state index is 12.9. The summed E-state index contributed by atoms with van der Waals surface area (Å²) in [6.45, 7) is 10.1. The number of thioether (sulfide) groups is 1. The molecule has 0 unspecified atom stereocenters. The van der Waals surface area contributed by atoms with Gasteiger partial charge in [-0.05, 0) is 40.0 Å². The molecule has 36 heavy (non-hydrogen) atoms. The Morgan fingerprint density at radius 2 is 1.47 bits per heavy atom. The molecule has 0 spiro atoms. The molecule has 0 radical (unpaired) electrons. The van der Waals surface area contributed by atoms with Crippen LogP contribution >= 0.6 is 11.8 Å². The van der Waals surface area contributed by atoms with Gasteiger partial charge in [0, 0.05) is 72.0 Å². The molecule has 0 aliphatic heterocycles. The molecule has 0 aliphatic rings. The quantitative estimate of drug-likeness (QED) is 0.133. The van der Waals surface area contributed by atoms with E-state index in [1.165, 1.54) is 16.4 Å². The number of hydrogen-bond acceptors (Lipinski definition) is 10. The maximum atomic E-state index is 12.9. The van der Waals surface area contributed by atoms with E-state index in [2.05, 4.69) is 22.3 Å². The summed E-state index contributed by atoms with van der Waals surface area (Å²) in [6, 6.07) is 1.05. The second kappa shape index (κ2) is 18.4. The van der Waals surface area contributed by atoms with Crippen molar-refractivity contribution in [3.05, 3.63) is 5.82 Å². The molecule has 1 aromatic rings. The standard InChI is InChI=1S/C22H46N4O7SSi2/c1-8-12-15-20-24-21(34-17-14-19-36(31-9-2,32-10-3)33-11-4)25-26(20)22(27)23-16-13-18-35(28-5,29-6)30-7/h8-19H2,1-7H3,(H,23,27). The largest absolute Gasteiger partial charge is 0.500 e. The Hall–Kier alpha value is -0.846. The van der Waals surface area contributed by atoms with Gasteiger partial charge in [-0.3, -0.25) is 0 Å². The highest BCUT2D eigenvalue weighted by Crippen LogP contribution is 2.23. The number of aryl methyl sites for hydroxylation is 1. The van der Waals surface area contributed by atoms with Gasteiger partial charge in [0.2, 0.25) is 5.16 Å². The minimum absolute atomic E-state index is 0.282. The van der Waals surface area contributed by atoms with Crippen LogP contribution < -0.4 is 5.32 Å². The van der Waals surface area contributed by atoms with Crippen molar-refractivity contribution >= 4 is 35.4 Å². The highest BCUT2D eigenvalue weighted by molar-refractivity contribution is 7.99. The Labute approximate surface area is 223 Å². The lowest BCUT2D eigenvalue weighted by molar-refractivity contribution is 0.0712. The fourth-order valence-electron chi connectivity index (χ4n) is 3.63. The number of hydrogen-bond donors (Lipinski definition) is 1. The first-order chi connectivity index (χ1) is 17.4. The molecule has 0 aliphatic carbocycles. The summed E-state index contributed by atoms with van der Waals surface area (Å²) in [5.74, 6) is 1.45. The number of amides is 1. The van der Waals surface area contributed by atoms with E-state index in [9.17, 15) is 4.79 Å². The van der Waals surface area contributed by atoms with Gasteiger partial charge in [-0.25, -0.2) is 9.78 Å². The second-order valence-corrected chi connectivity index (χ2v) is 14.8. The zero-order chi connectivity index (χ0) is 26.9. The van der Waals surface area contributed by atoms with Crippen molar-refractivity contribution in [2.45, 2.75) is 77.0 Å². The first-order valence-corrected chi connectivity index (χ1v) is 17.7. The minimum atomic E-state index is -2.66. The Morgan fingerprint density at radius 1 is 0.889 bits per heavy atom. The van der Waals surface area contributed by atoms with Gasteiger partial charge in [0.25, 0.3) is 0 Å². The minimum Gasteiger partial charge on any atom is -0.377 e. The topological polar surface area (TPSA) is 115 Å². The van der Waals surface area contributed by atoms with Crippen LogP contribution in [-0.4, -0.2) is 91.9 Å². The van der Waals surface area contributed by atoms with Gasteiger partial charge in [0.1, 0.15) is 5.82 Å². The number of aromatic nitrogens is 3. The van der Waals surface area contributed by atoms with Gasteiger partial charge >= 0.3 is 23.6 Å². The Kier molecular flexibility index (Phi) is 17.0. The summed E-state index contributed by atoms with van der Waals surface area (Å²) < 4.78 is 35.5. The third-order valence-corrected chi connectivity index (χ3v) is 12.3. The molecule has 0 saturated carbocycles. The monoisotopic (exact) mass is 566 g/mol. The molecule has 14 heteroatoms. The zero-order valence-corrected chi connectivity index (χ0v) is 25.9. The molecule has 210 valence electrons. The van der Waals surface area contributed by atoms with E-state index in [1.807, 2.05) is 20.8 Å². The molecule has 0 bridgehead atoms. The fourth-order valence-corrected chi connectivity index (χ4v) is 9.00. The molecule has 1 amide bonds. The number of unbranched alkanes of at least 4 members (excludes halogenated alkanes) is 1. The highest BCUT2D eigenvalue weighted by atomic mass is 32.2. The van der Waals surface area contributed by atoms with Crippen LogP contribution in [0, 0.1) is 0 Å². The van der Waals surface area contributed by atoms with Crippen LogP contribution in [0.25, 0.3) is 0 Å². The third-order valence-electron chi connectivity index (χ3n) is 5.42. The Bertz CT molecular complexity index is 716. The highest BCUT2D eigenvalue weighted by Gasteiger charge is 2.39. The Morgan fingerprint density at radius 3 is 2.00 bits per heavy atom. The molecule has 11 nitrogen and oxygen atoms in total. The molecule has 1 aromatic heterocycles. The number of nitrogens with zero attached hydrogens (tertiary/aromatic N) is 3. The van der Waals surface area contributed by atoms with E-state index in [4.69, 9.17) is 26.6 Å². The van der Waals surface area contributed by atoms with E-state index in [0.29, 0.717) is 56.2 Å². The maximum Gasteiger partial charge on any atom is 0.500 e. The number of rotatable bonds is 21. The second-order valence-electron chi connectivity index (χ2n) is 7.89. The van der Waals surface area contributed by atoms with E-state index < -0.39 is 17.6 Å². The van der Waals surface area contributed by atoms with Crippen molar-refractivity contribution in [3.63, 3.8) is 0 Å². The third kappa shape index (κ3) is 10.9. The molecule has 0 fully saturated rings. The van der Waals surface area contributed by atoms with Gasteiger partial charge in [-0.2, -0.15) is 4.68 Å². The normalized spacial score (nSPS) is 12.3. The molecular formula is C22H46N4O7SSi2. The summed E-state index contributed by atoms with van der Waals surface area (Å²) in [6.07, 6.45) is 4.14. The first-order valence-electron chi connectivity index (χ1n) is 12.8. The zero-order valence-electron chi connectivity index (χ0n) is 23.1.